The number of H-pyrrole nitrogens is 2. The molecule has 0 radical (unpaired) electrons. The average Bonchev–Trinajstić information content (AvgIpc) is 3.89. The molecule has 3 aliphatic heterocycles. The molecular weight excluding hydrogens is 744 g/mol. The highest BCUT2D eigenvalue weighted by molar-refractivity contribution is 7.48. The number of nitrogens with one attached hydrogen (secondary N) is 2. The molecule has 26 heteroatoms. The van der Waals surface area contributed by atoms with Crippen LogP contribution in [0.2, 0.25) is 0 Å². The van der Waals surface area contributed by atoms with Crippen LogP contribution < -0.4 is 11.1 Å². The maximum absolute atomic E-state index is 16.4. The lowest BCUT2D eigenvalue weighted by Crippen LogP contribution is -2.38. The smallest absolute Gasteiger partial charge is 0.346 e. The van der Waals surface area contributed by atoms with Crippen molar-refractivity contribution < 1.29 is 54.5 Å². The van der Waals surface area contributed by atoms with E-state index in [2.05, 4.69) is 29.9 Å². The molecule has 52 heavy (non-hydrogen) atoms. The van der Waals surface area contributed by atoms with Gasteiger partial charge in [0, 0.05) is 0 Å². The van der Waals surface area contributed by atoms with Gasteiger partial charge in [-0.05, 0) is 0 Å². The van der Waals surface area contributed by atoms with E-state index >= 15 is 8.78 Å². The first-order valence-corrected chi connectivity index (χ1v) is 18.3. The van der Waals surface area contributed by atoms with Gasteiger partial charge in [-0.1, -0.05) is 0 Å². The number of alkyl halides is 2. The summed E-state index contributed by atoms with van der Waals surface area (Å²) in [5.41, 5.74) is -1.76. The standard InChI is InChI=1S/C26H26F2N10O12P2/c27-15-19-14(48-25(15)37-11-35-17-21(37)31-9-33-23(17)39)8-46-52(42,44-6-2-4-30)50-20-13(7-45-51(41,49-19)43-5-1-3-29)47-26(16(20)28)38-12-36-18-22(38)32-10-34-24(18)40/h9-16,19-20,25-26H,1-2,5-8H2,(H,31,33,39)(H,32,34,40)/t13?,14?,15-,16-,19-,20-,25?,26?,51?,52?/m1/s1. The van der Waals surface area contributed by atoms with Crippen molar-refractivity contribution in [3.05, 3.63) is 46.0 Å². The molecule has 22 nitrogen and oxygen atoms in total. The van der Waals surface area contributed by atoms with Crippen LogP contribution in [-0.2, 0) is 45.7 Å². The second-order valence-corrected chi connectivity index (χ2v) is 14.5. The van der Waals surface area contributed by atoms with Crippen molar-refractivity contribution in [2.24, 2.45) is 0 Å². The lowest BCUT2D eigenvalue weighted by molar-refractivity contribution is -0.0703. The molecule has 4 aromatic heterocycles. The maximum Gasteiger partial charge on any atom is 0.475 e. The Morgan fingerprint density at radius 3 is 1.60 bits per heavy atom. The van der Waals surface area contributed by atoms with Gasteiger partial charge in [-0.3, -0.25) is 45.9 Å². The number of fused-ring (bicyclic) bond motifs is 4. The minimum absolute atomic E-state index is 0.0906. The number of ether oxygens (including phenoxy) is 2. The summed E-state index contributed by atoms with van der Waals surface area (Å²) >= 11 is 0. The van der Waals surface area contributed by atoms with Crippen LogP contribution in [0.1, 0.15) is 25.3 Å². The third kappa shape index (κ3) is 6.81. The van der Waals surface area contributed by atoms with Gasteiger partial charge in [-0.2, -0.15) is 10.5 Å². The van der Waals surface area contributed by atoms with E-state index < -0.39 is 102 Å². The lowest BCUT2D eigenvalue weighted by Gasteiger charge is -2.30. The van der Waals surface area contributed by atoms with Crippen LogP contribution in [0.25, 0.3) is 22.3 Å². The summed E-state index contributed by atoms with van der Waals surface area (Å²) in [5, 5.41) is 18.1. The Hall–Kier alpha value is -4.32. The number of rotatable bonds is 8. The number of hydrogen-bond acceptors (Lipinski definition) is 18. The van der Waals surface area contributed by atoms with Crippen molar-refractivity contribution in [1.82, 2.24) is 39.0 Å². The molecule has 3 fully saturated rings. The number of halogens is 2. The first-order chi connectivity index (χ1) is 25.0. The summed E-state index contributed by atoms with van der Waals surface area (Å²) in [7, 11) is -9.81. The Balaban J connectivity index is 1.24. The lowest BCUT2D eigenvalue weighted by atomic mass is 10.1. The van der Waals surface area contributed by atoms with E-state index in [1.54, 1.807) is 12.1 Å². The molecule has 276 valence electrons. The molecule has 4 aromatic rings. The van der Waals surface area contributed by atoms with Gasteiger partial charge in [-0.25, -0.2) is 37.8 Å². The fraction of sp³-hybridized carbons (Fsp3) is 0.538. The predicted molar refractivity (Wildman–Crippen MR) is 163 cm³/mol. The molecule has 7 rings (SSSR count). The van der Waals surface area contributed by atoms with Gasteiger partial charge in [0.1, 0.15) is 24.4 Å². The van der Waals surface area contributed by atoms with Crippen molar-refractivity contribution in [2.45, 2.75) is 62.1 Å². The zero-order chi connectivity index (χ0) is 36.6. The Morgan fingerprint density at radius 1 is 0.769 bits per heavy atom. The summed E-state index contributed by atoms with van der Waals surface area (Å²) in [6, 6.07) is 3.58. The number of phosphoric ester groups is 2. The Bertz CT molecular complexity index is 2100. The van der Waals surface area contributed by atoms with E-state index in [9.17, 15) is 18.7 Å². The van der Waals surface area contributed by atoms with Crippen molar-refractivity contribution >= 4 is 38.0 Å². The summed E-state index contributed by atoms with van der Waals surface area (Å²) in [6.45, 7) is -2.76. The minimum atomic E-state index is -4.90. The number of hydrogen-bond donors (Lipinski definition) is 2. The van der Waals surface area contributed by atoms with Crippen molar-refractivity contribution in [3.8, 4) is 12.1 Å². The minimum Gasteiger partial charge on any atom is -0.346 e. The molecule has 0 saturated carbocycles. The second-order valence-electron chi connectivity index (χ2n) is 11.2. The first-order valence-electron chi connectivity index (χ1n) is 15.3. The molecule has 10 atom stereocenters. The van der Waals surface area contributed by atoms with Crippen molar-refractivity contribution in [2.75, 3.05) is 26.4 Å². The van der Waals surface area contributed by atoms with E-state index in [1.165, 1.54) is 0 Å². The predicted octanol–water partition coefficient (Wildman–Crippen LogP) is 1.62. The maximum atomic E-state index is 16.4. The zero-order valence-corrected chi connectivity index (χ0v) is 28.1. The molecule has 6 unspecified atom stereocenters. The molecular formula is C26H26F2N10O12P2. The van der Waals surface area contributed by atoms with E-state index in [-0.39, 0.29) is 35.2 Å². The van der Waals surface area contributed by atoms with E-state index in [0.29, 0.717) is 0 Å². The monoisotopic (exact) mass is 770 g/mol. The third-order valence-corrected chi connectivity index (χ3v) is 11.0. The first kappa shape index (κ1) is 36.1. The molecule has 3 aliphatic rings. The molecule has 0 aromatic carbocycles. The molecule has 3 saturated heterocycles. The van der Waals surface area contributed by atoms with Gasteiger partial charge < -0.3 is 19.4 Å². The van der Waals surface area contributed by atoms with Gasteiger partial charge in [0.05, 0.1) is 76.7 Å². The second kappa shape index (κ2) is 14.6. The third-order valence-electron chi connectivity index (χ3n) is 8.03. The van der Waals surface area contributed by atoms with Crippen LogP contribution >= 0.6 is 15.6 Å². The molecule has 7 heterocycles. The molecule has 2 N–H and O–H groups in total. The van der Waals surface area contributed by atoms with Crippen LogP contribution in [0.15, 0.2) is 34.9 Å². The van der Waals surface area contributed by atoms with Crippen LogP contribution in [0.3, 0.4) is 0 Å². The zero-order valence-electron chi connectivity index (χ0n) is 26.3. The number of nitrogens with zero attached hydrogens (tertiary/aromatic N) is 8. The van der Waals surface area contributed by atoms with Crippen LogP contribution in [-0.4, -0.2) is 102 Å². The fourth-order valence-corrected chi connectivity index (χ4v) is 8.47. The van der Waals surface area contributed by atoms with E-state index in [0.717, 1.165) is 34.4 Å². The molecule has 0 amide bonds. The van der Waals surface area contributed by atoms with E-state index in [1.807, 2.05) is 0 Å². The molecule has 0 aliphatic carbocycles. The van der Waals surface area contributed by atoms with Gasteiger partial charge in [0.2, 0.25) is 0 Å². The van der Waals surface area contributed by atoms with Gasteiger partial charge in [-0.15, -0.1) is 0 Å². The Labute approximate surface area is 288 Å². The van der Waals surface area contributed by atoms with Gasteiger partial charge in [0.15, 0.2) is 47.1 Å². The van der Waals surface area contributed by atoms with Crippen molar-refractivity contribution in [3.63, 3.8) is 0 Å². The summed E-state index contributed by atoms with van der Waals surface area (Å²) in [4.78, 5) is 45.1. The van der Waals surface area contributed by atoms with Gasteiger partial charge >= 0.3 is 15.6 Å². The summed E-state index contributed by atoms with van der Waals surface area (Å²) < 4.78 is 108. The van der Waals surface area contributed by atoms with E-state index in [4.69, 9.17) is 47.1 Å². The SMILES string of the molecule is N#CCCOP1(=O)OCC2OC(n3cnc4c(=O)[nH]cnc43)[C@H](F)[C@@H]2OP(=O)(OCCC#N)OCC2OC(n3cnc4c(=O)[nH]cnc43)[C@H](F)[C@@H]2O1. The highest BCUT2D eigenvalue weighted by Crippen LogP contribution is 2.58. The fourth-order valence-electron chi connectivity index (χ4n) is 5.68. The summed E-state index contributed by atoms with van der Waals surface area (Å²) in [5.74, 6) is 0. The normalized spacial score (nSPS) is 33.8. The largest absolute Gasteiger partial charge is 0.475 e. The molecule has 0 bridgehead atoms. The highest BCUT2D eigenvalue weighted by Gasteiger charge is 2.56. The Morgan fingerprint density at radius 2 is 1.19 bits per heavy atom. The average molecular weight is 770 g/mol. The Kier molecular flexibility index (Phi) is 10.1. The summed E-state index contributed by atoms with van der Waals surface area (Å²) in [6.07, 6.45) is -11.1. The van der Waals surface area contributed by atoms with Crippen LogP contribution in [0, 0.1) is 22.7 Å². The number of nitriles is 2. The highest BCUT2D eigenvalue weighted by atomic mass is 31.2. The van der Waals surface area contributed by atoms with Crippen molar-refractivity contribution in [1.29, 1.82) is 10.5 Å². The van der Waals surface area contributed by atoms with Gasteiger partial charge in [0.25, 0.3) is 11.1 Å². The number of aromatic amines is 2. The number of aromatic nitrogens is 8. The van der Waals surface area contributed by atoms with Crippen LogP contribution in [0.4, 0.5) is 8.78 Å². The van der Waals surface area contributed by atoms with Crippen LogP contribution in [0.5, 0.6) is 0 Å². The topological polar surface area (TPSA) is 283 Å². The quantitative estimate of drug-likeness (QED) is 0.190. The number of phosphoric acid groups is 2. The molecule has 0 spiro atoms. The number of imidazole rings is 2.